The molecule has 0 bridgehead atoms. The van der Waals surface area contributed by atoms with Gasteiger partial charge in [-0.3, -0.25) is 19.3 Å². The fourth-order valence-corrected chi connectivity index (χ4v) is 4.00. The number of nitrogens with zero attached hydrogens (tertiary/aromatic N) is 6. The molecule has 4 atom stereocenters. The molecule has 0 aliphatic carbocycles. The number of anilines is 1. The quantitative estimate of drug-likeness (QED) is 0.302. The van der Waals surface area contributed by atoms with Gasteiger partial charge in [-0.25, -0.2) is 15.0 Å². The van der Waals surface area contributed by atoms with Gasteiger partial charge in [0.15, 0.2) is 35.1 Å². The second-order valence-corrected chi connectivity index (χ2v) is 8.30. The largest absolute Gasteiger partial charge is 0.387 e. The van der Waals surface area contributed by atoms with E-state index < -0.39 is 30.4 Å². The van der Waals surface area contributed by atoms with Gasteiger partial charge in [0, 0.05) is 43.9 Å². The van der Waals surface area contributed by atoms with Gasteiger partial charge in [0.1, 0.15) is 12.2 Å². The Kier molecular flexibility index (Phi) is 6.26. The van der Waals surface area contributed by atoms with Crippen LogP contribution in [0.15, 0.2) is 49.3 Å². The SMILES string of the molecule is CNC(=O)[C@H]1O[C@@H](n2cnc3c(NCc4ccncc4)nc(-c4cncc(Cl)c4)nc32)[C@H](O)[C@@H]1O. The Labute approximate surface area is 204 Å². The summed E-state index contributed by atoms with van der Waals surface area (Å²) in [6, 6.07) is 5.42. The average molecular weight is 497 g/mol. The minimum absolute atomic E-state index is 0.308. The molecule has 1 fully saturated rings. The molecule has 0 spiro atoms. The van der Waals surface area contributed by atoms with Gasteiger partial charge in [-0.1, -0.05) is 11.6 Å². The lowest BCUT2D eigenvalue weighted by Gasteiger charge is -2.17. The number of fused-ring (bicyclic) bond motifs is 1. The van der Waals surface area contributed by atoms with Crippen molar-refractivity contribution in [2.45, 2.75) is 31.1 Å². The first-order valence-corrected chi connectivity index (χ1v) is 11.1. The van der Waals surface area contributed by atoms with Crippen LogP contribution in [0, 0.1) is 0 Å². The third-order valence-electron chi connectivity index (χ3n) is 5.61. The standard InChI is InChI=1S/C22H21ClN8O4/c1-24-21(34)17-15(32)16(33)22(35-17)31-10-28-14-19(27-7-11-2-4-25-5-3-11)29-18(30-20(14)31)12-6-13(23)9-26-8-12/h2-6,8-10,15-17,22,32-33H,7H2,1H3,(H,24,34)(H,27,29,30)/t15-,16+,17-,22+/m0/s1. The van der Waals surface area contributed by atoms with Crippen molar-refractivity contribution in [1.29, 1.82) is 0 Å². The van der Waals surface area contributed by atoms with E-state index in [-0.39, 0.29) is 0 Å². The molecular weight excluding hydrogens is 476 g/mol. The first kappa shape index (κ1) is 23.1. The molecule has 13 heteroatoms. The molecule has 4 aromatic heterocycles. The first-order valence-electron chi connectivity index (χ1n) is 10.7. The van der Waals surface area contributed by atoms with Crippen molar-refractivity contribution in [3.05, 3.63) is 59.9 Å². The zero-order valence-corrected chi connectivity index (χ0v) is 19.2. The number of aromatic nitrogens is 6. The van der Waals surface area contributed by atoms with Crippen LogP contribution in [0.4, 0.5) is 5.82 Å². The Morgan fingerprint density at radius 2 is 1.97 bits per heavy atom. The van der Waals surface area contributed by atoms with Gasteiger partial charge in [0.25, 0.3) is 5.91 Å². The van der Waals surface area contributed by atoms with Gasteiger partial charge in [0.05, 0.1) is 11.3 Å². The number of amides is 1. The monoisotopic (exact) mass is 496 g/mol. The number of pyridine rings is 2. The number of ether oxygens (including phenoxy) is 1. The van der Waals surface area contributed by atoms with Crippen LogP contribution in [0.25, 0.3) is 22.6 Å². The summed E-state index contributed by atoms with van der Waals surface area (Å²) in [6.45, 7) is 0.439. The summed E-state index contributed by atoms with van der Waals surface area (Å²) in [4.78, 5) is 33.9. The van der Waals surface area contributed by atoms with Gasteiger partial charge in [-0.15, -0.1) is 0 Å². The van der Waals surface area contributed by atoms with Crippen molar-refractivity contribution >= 4 is 34.5 Å². The third-order valence-corrected chi connectivity index (χ3v) is 5.82. The van der Waals surface area contributed by atoms with Gasteiger partial charge in [0.2, 0.25) is 0 Å². The van der Waals surface area contributed by atoms with E-state index in [1.807, 2.05) is 12.1 Å². The van der Waals surface area contributed by atoms with Crippen LogP contribution in [-0.2, 0) is 16.1 Å². The second-order valence-electron chi connectivity index (χ2n) is 7.86. The summed E-state index contributed by atoms with van der Waals surface area (Å²) in [5, 5.41) is 27.1. The number of likely N-dealkylation sites (N-methyl/N-ethyl adjacent to an activating group) is 1. The molecular formula is C22H21ClN8O4. The number of imidazole rings is 1. The highest BCUT2D eigenvalue weighted by molar-refractivity contribution is 6.30. The van der Waals surface area contributed by atoms with E-state index in [1.54, 1.807) is 24.7 Å². The summed E-state index contributed by atoms with van der Waals surface area (Å²) in [7, 11) is 1.42. The summed E-state index contributed by atoms with van der Waals surface area (Å²) < 4.78 is 7.18. The van der Waals surface area contributed by atoms with Crippen molar-refractivity contribution in [1.82, 2.24) is 34.8 Å². The summed E-state index contributed by atoms with van der Waals surface area (Å²) in [5.74, 6) is 0.183. The Morgan fingerprint density at radius 3 is 2.71 bits per heavy atom. The minimum atomic E-state index is -1.43. The zero-order chi connectivity index (χ0) is 24.5. The lowest BCUT2D eigenvalue weighted by molar-refractivity contribution is -0.137. The number of aliphatic hydroxyl groups is 2. The first-order chi connectivity index (χ1) is 17.0. The number of carbonyl (C=O) groups excluding carboxylic acids is 1. The number of carbonyl (C=O) groups is 1. The Bertz CT molecular complexity index is 1370. The molecule has 0 radical (unpaired) electrons. The molecule has 35 heavy (non-hydrogen) atoms. The molecule has 5 rings (SSSR count). The smallest absolute Gasteiger partial charge is 0.251 e. The van der Waals surface area contributed by atoms with Gasteiger partial charge in [-0.05, 0) is 23.8 Å². The minimum Gasteiger partial charge on any atom is -0.387 e. The topological polar surface area (TPSA) is 160 Å². The van der Waals surface area contributed by atoms with E-state index in [4.69, 9.17) is 16.3 Å². The van der Waals surface area contributed by atoms with Crippen molar-refractivity contribution in [3.8, 4) is 11.4 Å². The predicted octanol–water partition coefficient (Wildman–Crippen LogP) is 0.914. The molecule has 0 aromatic carbocycles. The highest BCUT2D eigenvalue weighted by atomic mass is 35.5. The molecule has 1 aliphatic rings. The van der Waals surface area contributed by atoms with Gasteiger partial charge >= 0.3 is 0 Å². The fourth-order valence-electron chi connectivity index (χ4n) is 3.82. The van der Waals surface area contributed by atoms with E-state index in [0.29, 0.717) is 39.9 Å². The van der Waals surface area contributed by atoms with E-state index in [2.05, 4.69) is 35.6 Å². The molecule has 5 heterocycles. The number of rotatable bonds is 6. The molecule has 0 saturated carbocycles. The maximum Gasteiger partial charge on any atom is 0.251 e. The summed E-state index contributed by atoms with van der Waals surface area (Å²) in [6.07, 6.45) is 2.70. The van der Waals surface area contributed by atoms with Crippen LogP contribution in [-0.4, -0.2) is 71.0 Å². The van der Waals surface area contributed by atoms with Crippen molar-refractivity contribution in [2.24, 2.45) is 0 Å². The molecule has 4 aromatic rings. The van der Waals surface area contributed by atoms with Gasteiger partial charge in [-0.2, -0.15) is 0 Å². The van der Waals surface area contributed by atoms with E-state index in [1.165, 1.54) is 24.1 Å². The fraction of sp³-hybridized carbons (Fsp3) is 0.273. The van der Waals surface area contributed by atoms with Crippen LogP contribution in [0.2, 0.25) is 5.02 Å². The van der Waals surface area contributed by atoms with Crippen LogP contribution in [0.3, 0.4) is 0 Å². The van der Waals surface area contributed by atoms with E-state index >= 15 is 0 Å². The van der Waals surface area contributed by atoms with Crippen LogP contribution in [0.5, 0.6) is 0 Å². The predicted molar refractivity (Wildman–Crippen MR) is 125 cm³/mol. The normalized spacial score (nSPS) is 21.8. The molecule has 180 valence electrons. The highest BCUT2D eigenvalue weighted by Gasteiger charge is 2.47. The Hall–Kier alpha value is -3.71. The Morgan fingerprint density at radius 1 is 1.17 bits per heavy atom. The molecule has 12 nitrogen and oxygen atoms in total. The van der Waals surface area contributed by atoms with E-state index in [9.17, 15) is 15.0 Å². The van der Waals surface area contributed by atoms with Crippen LogP contribution >= 0.6 is 11.6 Å². The maximum atomic E-state index is 12.1. The number of nitrogens with one attached hydrogen (secondary N) is 2. The molecule has 1 aliphatic heterocycles. The molecule has 4 N–H and O–H groups in total. The maximum absolute atomic E-state index is 12.1. The molecule has 1 saturated heterocycles. The zero-order valence-electron chi connectivity index (χ0n) is 18.4. The highest BCUT2D eigenvalue weighted by Crippen LogP contribution is 2.33. The van der Waals surface area contributed by atoms with E-state index in [0.717, 1.165) is 5.56 Å². The number of hydrogen-bond donors (Lipinski definition) is 4. The van der Waals surface area contributed by atoms with Gasteiger partial charge < -0.3 is 25.6 Å². The number of hydrogen-bond acceptors (Lipinski definition) is 10. The molecule has 0 unspecified atom stereocenters. The molecule has 1 amide bonds. The summed E-state index contributed by atoms with van der Waals surface area (Å²) in [5.41, 5.74) is 2.27. The number of halogens is 1. The Balaban J connectivity index is 1.58. The lowest BCUT2D eigenvalue weighted by atomic mass is 10.1. The second kappa shape index (κ2) is 9.50. The van der Waals surface area contributed by atoms with Crippen molar-refractivity contribution < 1.29 is 19.7 Å². The average Bonchev–Trinajstić information content (AvgIpc) is 3.43. The number of aliphatic hydroxyl groups excluding tert-OH is 2. The summed E-state index contributed by atoms with van der Waals surface area (Å²) >= 11 is 6.13. The lowest BCUT2D eigenvalue weighted by Crippen LogP contribution is -2.41. The van der Waals surface area contributed by atoms with Crippen molar-refractivity contribution in [3.63, 3.8) is 0 Å². The van der Waals surface area contributed by atoms with Crippen LogP contribution in [0.1, 0.15) is 11.8 Å². The van der Waals surface area contributed by atoms with Crippen molar-refractivity contribution in [2.75, 3.05) is 12.4 Å². The third kappa shape index (κ3) is 4.39. The van der Waals surface area contributed by atoms with Crippen LogP contribution < -0.4 is 10.6 Å².